The van der Waals surface area contributed by atoms with E-state index in [0.717, 1.165) is 0 Å². The van der Waals surface area contributed by atoms with Gasteiger partial charge in [0.1, 0.15) is 17.8 Å². The molecule has 0 fully saturated rings. The van der Waals surface area contributed by atoms with Crippen LogP contribution in [-0.4, -0.2) is 4.98 Å². The van der Waals surface area contributed by atoms with Crippen molar-refractivity contribution in [3.63, 3.8) is 0 Å². The van der Waals surface area contributed by atoms with Gasteiger partial charge < -0.3 is 14.9 Å². The van der Waals surface area contributed by atoms with E-state index in [1.165, 1.54) is 30.5 Å². The number of nitrogens with zero attached hydrogens (tertiary/aromatic N) is 1. The van der Waals surface area contributed by atoms with Crippen molar-refractivity contribution in [1.29, 1.82) is 0 Å². The van der Waals surface area contributed by atoms with Crippen molar-refractivity contribution in [3.05, 3.63) is 42.0 Å². The third-order valence-corrected chi connectivity index (χ3v) is 1.76. The molecule has 0 spiro atoms. The SMILES string of the molecule is NCc1coc(Oc2ccc(F)cc2)n1. The van der Waals surface area contributed by atoms with Gasteiger partial charge in [0.2, 0.25) is 0 Å². The molecular formula is C10H9FN2O2. The van der Waals surface area contributed by atoms with Gasteiger partial charge in [0, 0.05) is 6.54 Å². The molecule has 2 aromatic rings. The van der Waals surface area contributed by atoms with Gasteiger partial charge in [0.05, 0.1) is 5.69 Å². The molecule has 78 valence electrons. The lowest BCUT2D eigenvalue weighted by molar-refractivity contribution is 0.330. The molecule has 1 heterocycles. The summed E-state index contributed by atoms with van der Waals surface area (Å²) in [4.78, 5) is 3.94. The van der Waals surface area contributed by atoms with Gasteiger partial charge in [-0.2, -0.15) is 4.98 Å². The predicted molar refractivity (Wildman–Crippen MR) is 50.9 cm³/mol. The van der Waals surface area contributed by atoms with Gasteiger partial charge >= 0.3 is 6.08 Å². The lowest BCUT2D eigenvalue weighted by atomic mass is 10.3. The molecule has 1 aromatic heterocycles. The Bertz CT molecular complexity index is 439. The maximum atomic E-state index is 12.6. The second-order valence-corrected chi connectivity index (χ2v) is 2.86. The van der Waals surface area contributed by atoms with E-state index in [9.17, 15) is 4.39 Å². The van der Waals surface area contributed by atoms with Gasteiger partial charge in [0.15, 0.2) is 0 Å². The van der Waals surface area contributed by atoms with E-state index in [2.05, 4.69) is 4.98 Å². The predicted octanol–water partition coefficient (Wildman–Crippen LogP) is 2.06. The van der Waals surface area contributed by atoms with Gasteiger partial charge in [-0.3, -0.25) is 0 Å². The fourth-order valence-electron chi connectivity index (χ4n) is 1.03. The summed E-state index contributed by atoms with van der Waals surface area (Å²) < 4.78 is 22.8. The first kappa shape index (κ1) is 9.67. The molecule has 0 aliphatic carbocycles. The average Bonchev–Trinajstić information content (AvgIpc) is 2.69. The largest absolute Gasteiger partial charge is 0.417 e. The molecule has 1 aromatic carbocycles. The molecule has 0 atom stereocenters. The molecule has 2 N–H and O–H groups in total. The molecule has 0 aliphatic heterocycles. The standard InChI is InChI=1S/C10H9FN2O2/c11-7-1-3-9(4-2-7)15-10-13-8(5-12)6-14-10/h1-4,6H,5,12H2. The Morgan fingerprint density at radius 3 is 2.67 bits per heavy atom. The smallest absolute Gasteiger partial charge is 0.399 e. The minimum Gasteiger partial charge on any atom is -0.417 e. The van der Waals surface area contributed by atoms with Crippen molar-refractivity contribution in [1.82, 2.24) is 4.98 Å². The maximum Gasteiger partial charge on any atom is 0.399 e. The summed E-state index contributed by atoms with van der Waals surface area (Å²) in [6, 6.07) is 5.56. The highest BCUT2D eigenvalue weighted by Gasteiger charge is 2.04. The minimum absolute atomic E-state index is 0.0991. The highest BCUT2D eigenvalue weighted by molar-refractivity contribution is 5.24. The van der Waals surface area contributed by atoms with E-state index >= 15 is 0 Å². The van der Waals surface area contributed by atoms with Crippen molar-refractivity contribution in [2.75, 3.05) is 0 Å². The molecule has 0 saturated heterocycles. The zero-order valence-electron chi connectivity index (χ0n) is 7.81. The monoisotopic (exact) mass is 208 g/mol. The van der Waals surface area contributed by atoms with E-state index in [4.69, 9.17) is 14.9 Å². The molecule has 2 rings (SSSR count). The fourth-order valence-corrected chi connectivity index (χ4v) is 1.03. The van der Waals surface area contributed by atoms with Crippen LogP contribution in [0.25, 0.3) is 0 Å². The second-order valence-electron chi connectivity index (χ2n) is 2.86. The van der Waals surface area contributed by atoms with E-state index in [0.29, 0.717) is 11.4 Å². The number of nitrogens with two attached hydrogens (primary N) is 1. The van der Waals surface area contributed by atoms with Crippen LogP contribution in [-0.2, 0) is 6.54 Å². The van der Waals surface area contributed by atoms with Crippen LogP contribution in [0.5, 0.6) is 11.8 Å². The van der Waals surface area contributed by atoms with Gasteiger partial charge in [0.25, 0.3) is 0 Å². The lowest BCUT2D eigenvalue weighted by Gasteiger charge is -1.98. The highest BCUT2D eigenvalue weighted by Crippen LogP contribution is 2.20. The first-order valence-electron chi connectivity index (χ1n) is 4.36. The summed E-state index contributed by atoms with van der Waals surface area (Å²) in [6.45, 7) is 0.288. The van der Waals surface area contributed by atoms with Crippen molar-refractivity contribution < 1.29 is 13.5 Å². The van der Waals surface area contributed by atoms with Crippen LogP contribution in [0.4, 0.5) is 4.39 Å². The normalized spacial score (nSPS) is 10.3. The Labute approximate surface area is 85.5 Å². The van der Waals surface area contributed by atoms with Crippen LogP contribution < -0.4 is 10.5 Å². The van der Waals surface area contributed by atoms with Crippen molar-refractivity contribution in [3.8, 4) is 11.8 Å². The van der Waals surface area contributed by atoms with Crippen LogP contribution in [0.2, 0.25) is 0 Å². The summed E-state index contributed by atoms with van der Waals surface area (Å²) >= 11 is 0. The van der Waals surface area contributed by atoms with Gasteiger partial charge in [-0.1, -0.05) is 0 Å². The van der Waals surface area contributed by atoms with Crippen molar-refractivity contribution >= 4 is 0 Å². The quantitative estimate of drug-likeness (QED) is 0.838. The first-order chi connectivity index (χ1) is 7.28. The van der Waals surface area contributed by atoms with Crippen LogP contribution in [0, 0.1) is 5.82 Å². The summed E-state index contributed by atoms with van der Waals surface area (Å²) in [6.07, 6.45) is 1.51. The molecule has 0 unspecified atom stereocenters. The number of aromatic nitrogens is 1. The third-order valence-electron chi connectivity index (χ3n) is 1.76. The molecular weight excluding hydrogens is 199 g/mol. The number of hydrogen-bond donors (Lipinski definition) is 1. The van der Waals surface area contributed by atoms with Gasteiger partial charge in [-0.15, -0.1) is 0 Å². The van der Waals surface area contributed by atoms with Crippen LogP contribution in [0.15, 0.2) is 34.9 Å². The lowest BCUT2D eigenvalue weighted by Crippen LogP contribution is -1.95. The number of halogens is 1. The number of oxazole rings is 1. The van der Waals surface area contributed by atoms with E-state index in [-0.39, 0.29) is 18.4 Å². The summed E-state index contributed by atoms with van der Waals surface area (Å²) in [5.74, 6) is 0.138. The fraction of sp³-hybridized carbons (Fsp3) is 0.100. The number of ether oxygens (including phenoxy) is 1. The van der Waals surface area contributed by atoms with Gasteiger partial charge in [-0.05, 0) is 24.3 Å². The van der Waals surface area contributed by atoms with Crippen LogP contribution >= 0.6 is 0 Å². The highest BCUT2D eigenvalue weighted by atomic mass is 19.1. The molecule has 0 saturated carbocycles. The minimum atomic E-state index is -0.322. The Morgan fingerprint density at radius 1 is 1.33 bits per heavy atom. The molecule has 4 nitrogen and oxygen atoms in total. The van der Waals surface area contributed by atoms with E-state index < -0.39 is 0 Å². The molecule has 0 radical (unpaired) electrons. The molecule has 0 bridgehead atoms. The zero-order valence-corrected chi connectivity index (χ0v) is 7.81. The Kier molecular flexibility index (Phi) is 2.64. The maximum absolute atomic E-state index is 12.6. The number of hydrogen-bond acceptors (Lipinski definition) is 4. The molecule has 0 aliphatic rings. The topological polar surface area (TPSA) is 61.3 Å². The second kappa shape index (κ2) is 4.10. The van der Waals surface area contributed by atoms with Crippen molar-refractivity contribution in [2.24, 2.45) is 5.73 Å². The summed E-state index contributed by atoms with van der Waals surface area (Å²) in [7, 11) is 0. The van der Waals surface area contributed by atoms with Crippen molar-refractivity contribution in [2.45, 2.75) is 6.54 Å². The van der Waals surface area contributed by atoms with Crippen LogP contribution in [0.3, 0.4) is 0 Å². The van der Waals surface area contributed by atoms with Gasteiger partial charge in [-0.25, -0.2) is 4.39 Å². The zero-order chi connectivity index (χ0) is 10.7. The first-order valence-corrected chi connectivity index (χ1v) is 4.36. The summed E-state index contributed by atoms with van der Waals surface area (Å²) in [5.41, 5.74) is 5.95. The van der Waals surface area contributed by atoms with Crippen LogP contribution in [0.1, 0.15) is 5.69 Å². The average molecular weight is 208 g/mol. The molecule has 0 amide bonds. The third kappa shape index (κ3) is 2.32. The number of benzene rings is 1. The number of rotatable bonds is 3. The van der Waals surface area contributed by atoms with E-state index in [1.54, 1.807) is 0 Å². The molecule has 5 heteroatoms. The molecule has 15 heavy (non-hydrogen) atoms. The van der Waals surface area contributed by atoms with E-state index in [1.807, 2.05) is 0 Å². The Hall–Kier alpha value is -1.88. The Balaban J connectivity index is 2.11. The Morgan fingerprint density at radius 2 is 2.07 bits per heavy atom. The summed E-state index contributed by atoms with van der Waals surface area (Å²) in [5, 5.41) is 0.